The van der Waals surface area contributed by atoms with Crippen LogP contribution in [0.4, 0.5) is 17.1 Å². The second-order valence-electron chi connectivity index (χ2n) is 12.8. The second kappa shape index (κ2) is 13.3. The van der Waals surface area contributed by atoms with Gasteiger partial charge < -0.3 is 4.90 Å². The Morgan fingerprint density at radius 1 is 0.275 bits per heavy atom. The Balaban J connectivity index is 1.46. The first kappa shape index (κ1) is 30.4. The number of para-hydroxylation sites is 2. The van der Waals surface area contributed by atoms with Crippen molar-refractivity contribution in [1.82, 2.24) is 0 Å². The third-order valence-corrected chi connectivity index (χ3v) is 9.84. The molecule has 0 aromatic heterocycles. The molecule has 51 heavy (non-hydrogen) atoms. The lowest BCUT2D eigenvalue weighted by Crippen LogP contribution is -2.13. The van der Waals surface area contributed by atoms with Crippen LogP contribution in [0, 0.1) is 0 Å². The van der Waals surface area contributed by atoms with Crippen LogP contribution in [-0.2, 0) is 0 Å². The summed E-state index contributed by atoms with van der Waals surface area (Å²) in [6.45, 7) is 0. The Labute approximate surface area is 299 Å². The number of anilines is 3. The Hall–Kier alpha value is -6.70. The third kappa shape index (κ3) is 5.46. The molecule has 0 aliphatic carbocycles. The maximum absolute atomic E-state index is 2.50. The van der Waals surface area contributed by atoms with Gasteiger partial charge in [-0.25, -0.2) is 0 Å². The van der Waals surface area contributed by atoms with Gasteiger partial charge in [-0.3, -0.25) is 0 Å². The van der Waals surface area contributed by atoms with Gasteiger partial charge in [-0.15, -0.1) is 0 Å². The molecular weight excluding hydrogens is 615 g/mol. The number of benzene rings is 9. The third-order valence-electron chi connectivity index (χ3n) is 9.84. The minimum atomic E-state index is 1.10. The van der Waals surface area contributed by atoms with E-state index in [4.69, 9.17) is 0 Å². The highest BCUT2D eigenvalue weighted by Crippen LogP contribution is 2.52. The first-order chi connectivity index (χ1) is 25.4. The summed E-state index contributed by atoms with van der Waals surface area (Å²) in [6.07, 6.45) is 0. The molecule has 9 aromatic carbocycles. The fourth-order valence-electron chi connectivity index (χ4n) is 7.67. The maximum atomic E-state index is 2.50. The monoisotopic (exact) mass is 649 g/mol. The molecule has 0 N–H and O–H groups in total. The SMILES string of the molecule is c1ccc(-c2cccc(-c3ccccc3)c2N(c2ccccc2)c2cccc3c(-c4ccccc4)c(-c4ccccc4)c4ccccc4c23)cc1. The quantitative estimate of drug-likeness (QED) is 0.155. The normalized spacial score (nSPS) is 11.1. The molecule has 1 nitrogen and oxygen atoms in total. The zero-order chi connectivity index (χ0) is 34.0. The first-order valence-electron chi connectivity index (χ1n) is 17.5. The van der Waals surface area contributed by atoms with Crippen LogP contribution in [0.25, 0.3) is 66.1 Å². The molecule has 0 fully saturated rings. The van der Waals surface area contributed by atoms with Gasteiger partial charge in [0.25, 0.3) is 0 Å². The molecule has 0 aliphatic rings. The summed E-state index contributed by atoms with van der Waals surface area (Å²) in [5, 5.41) is 4.89. The lowest BCUT2D eigenvalue weighted by atomic mass is 9.84. The van der Waals surface area contributed by atoms with Crippen LogP contribution >= 0.6 is 0 Å². The van der Waals surface area contributed by atoms with E-state index in [2.05, 4.69) is 217 Å². The summed E-state index contributed by atoms with van der Waals surface area (Å²) < 4.78 is 0. The summed E-state index contributed by atoms with van der Waals surface area (Å²) in [7, 11) is 0. The smallest absolute Gasteiger partial charge is 0.0618 e. The van der Waals surface area contributed by atoms with Gasteiger partial charge in [0.15, 0.2) is 0 Å². The van der Waals surface area contributed by atoms with Gasteiger partial charge in [-0.05, 0) is 67.7 Å². The molecule has 0 radical (unpaired) electrons. The standard InChI is InChI=1S/C50H35N/c1-6-20-36(21-7-1)41-32-18-33-42(37-22-8-2-9-23-37)50(41)51(40-28-14-5-15-29-40)46-35-19-34-45-48(39-26-12-4-13-27-39)47(38-24-10-3-11-25-38)43-30-16-17-31-44(43)49(45)46/h1-35H. The summed E-state index contributed by atoms with van der Waals surface area (Å²) in [5.74, 6) is 0. The maximum Gasteiger partial charge on any atom is 0.0618 e. The van der Waals surface area contributed by atoms with E-state index < -0.39 is 0 Å². The minimum absolute atomic E-state index is 1.10. The number of rotatable bonds is 7. The predicted octanol–water partition coefficient (Wildman–Crippen LogP) is 14.1. The van der Waals surface area contributed by atoms with E-state index in [-0.39, 0.29) is 0 Å². The molecule has 0 saturated carbocycles. The minimum Gasteiger partial charge on any atom is -0.309 e. The predicted molar refractivity (Wildman–Crippen MR) is 218 cm³/mol. The van der Waals surface area contributed by atoms with E-state index in [9.17, 15) is 0 Å². The highest BCUT2D eigenvalue weighted by Gasteiger charge is 2.26. The summed E-state index contributed by atoms with van der Waals surface area (Å²) in [4.78, 5) is 2.50. The van der Waals surface area contributed by atoms with E-state index in [1.165, 1.54) is 66.1 Å². The zero-order valence-electron chi connectivity index (χ0n) is 28.2. The van der Waals surface area contributed by atoms with Gasteiger partial charge in [0.05, 0.1) is 11.4 Å². The van der Waals surface area contributed by atoms with E-state index in [0.29, 0.717) is 0 Å². The Morgan fingerprint density at radius 2 is 0.667 bits per heavy atom. The van der Waals surface area contributed by atoms with E-state index >= 15 is 0 Å². The fourth-order valence-corrected chi connectivity index (χ4v) is 7.67. The Kier molecular flexibility index (Phi) is 7.92. The van der Waals surface area contributed by atoms with Crippen LogP contribution in [0.2, 0.25) is 0 Å². The molecule has 1 heteroatoms. The van der Waals surface area contributed by atoms with Gasteiger partial charge >= 0.3 is 0 Å². The molecule has 0 amide bonds. The van der Waals surface area contributed by atoms with Crippen molar-refractivity contribution in [3.8, 4) is 44.5 Å². The zero-order valence-corrected chi connectivity index (χ0v) is 28.2. The van der Waals surface area contributed by atoms with Crippen molar-refractivity contribution in [2.45, 2.75) is 0 Å². The van der Waals surface area contributed by atoms with Crippen molar-refractivity contribution in [2.75, 3.05) is 4.90 Å². The Bertz CT molecular complexity index is 2540. The Morgan fingerprint density at radius 3 is 1.20 bits per heavy atom. The van der Waals surface area contributed by atoms with Crippen LogP contribution < -0.4 is 4.90 Å². The van der Waals surface area contributed by atoms with Crippen LogP contribution in [-0.4, -0.2) is 0 Å². The largest absolute Gasteiger partial charge is 0.309 e. The molecule has 0 aliphatic heterocycles. The summed E-state index contributed by atoms with van der Waals surface area (Å²) in [5.41, 5.74) is 13.0. The van der Waals surface area contributed by atoms with Crippen LogP contribution in [0.1, 0.15) is 0 Å². The lowest BCUT2D eigenvalue weighted by molar-refractivity contribution is 1.30. The van der Waals surface area contributed by atoms with E-state index in [1.807, 2.05) is 0 Å². The molecular formula is C50H35N. The highest BCUT2D eigenvalue weighted by atomic mass is 15.1. The average Bonchev–Trinajstić information content (AvgIpc) is 3.22. The van der Waals surface area contributed by atoms with Crippen molar-refractivity contribution < 1.29 is 0 Å². The topological polar surface area (TPSA) is 3.24 Å². The highest BCUT2D eigenvalue weighted by molar-refractivity contribution is 6.26. The van der Waals surface area contributed by atoms with Gasteiger partial charge in [-0.1, -0.05) is 194 Å². The number of nitrogens with zero attached hydrogens (tertiary/aromatic N) is 1. The summed E-state index contributed by atoms with van der Waals surface area (Å²) in [6, 6.07) is 76.6. The molecule has 0 saturated heterocycles. The van der Waals surface area contributed by atoms with E-state index in [1.54, 1.807) is 0 Å². The van der Waals surface area contributed by atoms with Crippen molar-refractivity contribution in [2.24, 2.45) is 0 Å². The average molecular weight is 650 g/mol. The molecule has 0 unspecified atom stereocenters. The van der Waals surface area contributed by atoms with Crippen molar-refractivity contribution in [3.05, 3.63) is 212 Å². The second-order valence-corrected chi connectivity index (χ2v) is 12.8. The van der Waals surface area contributed by atoms with Crippen molar-refractivity contribution in [3.63, 3.8) is 0 Å². The molecule has 240 valence electrons. The van der Waals surface area contributed by atoms with Gasteiger partial charge in [0, 0.05) is 22.2 Å². The molecule has 9 rings (SSSR count). The van der Waals surface area contributed by atoms with E-state index in [0.717, 1.165) is 17.1 Å². The molecule has 0 heterocycles. The number of hydrogen-bond acceptors (Lipinski definition) is 1. The lowest BCUT2D eigenvalue weighted by Gasteiger charge is -2.32. The van der Waals surface area contributed by atoms with Crippen LogP contribution in [0.5, 0.6) is 0 Å². The van der Waals surface area contributed by atoms with Gasteiger partial charge in [-0.2, -0.15) is 0 Å². The molecule has 0 spiro atoms. The first-order valence-corrected chi connectivity index (χ1v) is 17.5. The number of hydrogen-bond donors (Lipinski definition) is 0. The van der Waals surface area contributed by atoms with Crippen molar-refractivity contribution >= 4 is 38.6 Å². The van der Waals surface area contributed by atoms with Gasteiger partial charge in [0.1, 0.15) is 0 Å². The van der Waals surface area contributed by atoms with Gasteiger partial charge in [0.2, 0.25) is 0 Å². The fraction of sp³-hybridized carbons (Fsp3) is 0. The molecule has 0 atom stereocenters. The van der Waals surface area contributed by atoms with Crippen LogP contribution in [0.15, 0.2) is 212 Å². The molecule has 9 aromatic rings. The van der Waals surface area contributed by atoms with Crippen LogP contribution in [0.3, 0.4) is 0 Å². The summed E-state index contributed by atoms with van der Waals surface area (Å²) >= 11 is 0. The molecule has 0 bridgehead atoms. The van der Waals surface area contributed by atoms with Crippen molar-refractivity contribution in [1.29, 1.82) is 0 Å². The number of fused-ring (bicyclic) bond motifs is 3.